The molecule has 9 nitrogen and oxygen atoms in total. The summed E-state index contributed by atoms with van der Waals surface area (Å²) in [5.41, 5.74) is 3.65. The first kappa shape index (κ1) is 28.5. The molecule has 212 valence electrons. The number of hydrogen-bond acceptors (Lipinski definition) is 7. The van der Waals surface area contributed by atoms with Crippen molar-refractivity contribution >= 4 is 46.7 Å². The standard InChI is InChI=1S/C27H39ClN6O3SSi/c1-6-37-27(39(3,4)5)34-16-22(28)24-26(34)29-14-23(32-24)21-12-9-18(2)30-25(21)31-20-8-7-13-33(15-20)38(35,36)17-19-10-11-19/h9,12,14,16,19-20,27H,6-8,10-11,13,15,17H2,1-5H3,(H,30,31). The van der Waals surface area contributed by atoms with Gasteiger partial charge < -0.3 is 14.6 Å². The summed E-state index contributed by atoms with van der Waals surface area (Å²) >= 11 is 6.69. The molecule has 0 amide bonds. The maximum atomic E-state index is 12.9. The molecular formula is C27H39ClN6O3SSi. The minimum Gasteiger partial charge on any atom is -0.365 e. The van der Waals surface area contributed by atoms with Crippen LogP contribution in [0.1, 0.15) is 44.2 Å². The van der Waals surface area contributed by atoms with E-state index >= 15 is 0 Å². The number of aryl methyl sites for hydroxylation is 1. The molecule has 1 saturated carbocycles. The summed E-state index contributed by atoms with van der Waals surface area (Å²) in [6.07, 6.45) is 7.37. The largest absolute Gasteiger partial charge is 0.365 e. The Kier molecular flexibility index (Phi) is 8.09. The lowest BCUT2D eigenvalue weighted by Crippen LogP contribution is -2.46. The lowest BCUT2D eigenvalue weighted by atomic mass is 10.1. The predicted molar refractivity (Wildman–Crippen MR) is 159 cm³/mol. The molecule has 2 unspecified atom stereocenters. The monoisotopic (exact) mass is 590 g/mol. The molecule has 3 aromatic heterocycles. The maximum Gasteiger partial charge on any atom is 0.214 e. The number of piperidine rings is 1. The van der Waals surface area contributed by atoms with Crippen molar-refractivity contribution in [2.24, 2.45) is 5.92 Å². The van der Waals surface area contributed by atoms with E-state index in [2.05, 4.69) is 25.0 Å². The Balaban J connectivity index is 1.44. The van der Waals surface area contributed by atoms with Gasteiger partial charge in [0.1, 0.15) is 25.3 Å². The Labute approximate surface area is 237 Å². The number of fused-ring (bicyclic) bond motifs is 1. The second-order valence-corrected chi connectivity index (χ2v) is 19.5. The van der Waals surface area contributed by atoms with Gasteiger partial charge >= 0.3 is 0 Å². The van der Waals surface area contributed by atoms with Crippen LogP contribution in [0.4, 0.5) is 5.82 Å². The van der Waals surface area contributed by atoms with Crippen molar-refractivity contribution in [3.63, 3.8) is 0 Å². The minimum atomic E-state index is -3.24. The Morgan fingerprint density at radius 1 is 1.21 bits per heavy atom. The van der Waals surface area contributed by atoms with E-state index in [0.29, 0.717) is 53.3 Å². The molecule has 12 heteroatoms. The number of pyridine rings is 1. The highest BCUT2D eigenvalue weighted by Crippen LogP contribution is 2.35. The minimum absolute atomic E-state index is 0.0363. The van der Waals surface area contributed by atoms with Gasteiger partial charge in [0, 0.05) is 43.2 Å². The number of aromatic nitrogens is 4. The second-order valence-electron chi connectivity index (χ2n) is 11.9. The third kappa shape index (κ3) is 6.32. The first-order valence-electron chi connectivity index (χ1n) is 13.8. The predicted octanol–water partition coefficient (Wildman–Crippen LogP) is 5.48. The fraction of sp³-hybridized carbons (Fsp3) is 0.593. The van der Waals surface area contributed by atoms with Crippen LogP contribution in [-0.2, 0) is 14.8 Å². The van der Waals surface area contributed by atoms with Gasteiger partial charge in [0.15, 0.2) is 5.65 Å². The molecule has 0 spiro atoms. The van der Waals surface area contributed by atoms with Gasteiger partial charge in [-0.1, -0.05) is 31.2 Å². The molecule has 1 N–H and O–H groups in total. The SMILES string of the molecule is CCOC(n1cc(Cl)c2nc(-c3ccc(C)nc3NC3CCCN(S(=O)(=O)CC4CC4)C3)cnc21)[Si](C)(C)C. The quantitative estimate of drug-likeness (QED) is 0.312. The molecule has 2 atom stereocenters. The zero-order chi connectivity index (χ0) is 27.9. The highest BCUT2D eigenvalue weighted by Gasteiger charge is 2.35. The van der Waals surface area contributed by atoms with Crippen LogP contribution < -0.4 is 5.32 Å². The van der Waals surface area contributed by atoms with E-state index in [1.54, 1.807) is 10.5 Å². The first-order valence-corrected chi connectivity index (χ1v) is 19.4. The van der Waals surface area contributed by atoms with Gasteiger partial charge in [-0.05, 0) is 57.6 Å². The fourth-order valence-electron chi connectivity index (χ4n) is 5.26. The average molecular weight is 591 g/mol. The Bertz CT molecular complexity index is 1450. The smallest absolute Gasteiger partial charge is 0.214 e. The molecule has 1 saturated heterocycles. The number of nitrogens with zero attached hydrogens (tertiary/aromatic N) is 5. The fourth-order valence-corrected chi connectivity index (χ4v) is 9.14. The molecule has 0 bridgehead atoms. The Morgan fingerprint density at radius 3 is 2.67 bits per heavy atom. The zero-order valence-electron chi connectivity index (χ0n) is 23.4. The highest BCUT2D eigenvalue weighted by molar-refractivity contribution is 7.89. The number of rotatable bonds is 10. The van der Waals surface area contributed by atoms with Gasteiger partial charge in [-0.15, -0.1) is 0 Å². The van der Waals surface area contributed by atoms with Gasteiger partial charge in [0.2, 0.25) is 10.0 Å². The first-order chi connectivity index (χ1) is 18.5. The normalized spacial score (nSPS) is 19.9. The topological polar surface area (TPSA) is 102 Å². The summed E-state index contributed by atoms with van der Waals surface area (Å²) in [7, 11) is -4.99. The van der Waals surface area contributed by atoms with Crippen LogP contribution >= 0.6 is 11.6 Å². The molecule has 0 radical (unpaired) electrons. The van der Waals surface area contributed by atoms with E-state index in [-0.39, 0.29) is 17.6 Å². The molecule has 3 aromatic rings. The summed E-state index contributed by atoms with van der Waals surface area (Å²) in [5.74, 6) is 1.17. The van der Waals surface area contributed by atoms with E-state index in [9.17, 15) is 8.42 Å². The van der Waals surface area contributed by atoms with Crippen LogP contribution in [0.15, 0.2) is 24.5 Å². The van der Waals surface area contributed by atoms with Gasteiger partial charge in [-0.2, -0.15) is 4.31 Å². The summed E-state index contributed by atoms with van der Waals surface area (Å²) < 4.78 is 35.7. The van der Waals surface area contributed by atoms with Crippen molar-refractivity contribution in [2.75, 3.05) is 30.8 Å². The molecule has 2 aliphatic rings. The molecule has 5 rings (SSSR count). The Morgan fingerprint density at radius 2 is 1.97 bits per heavy atom. The lowest BCUT2D eigenvalue weighted by Gasteiger charge is -2.33. The van der Waals surface area contributed by atoms with Crippen LogP contribution in [0.2, 0.25) is 24.7 Å². The molecule has 39 heavy (non-hydrogen) atoms. The van der Waals surface area contributed by atoms with E-state index < -0.39 is 18.1 Å². The number of halogens is 1. The van der Waals surface area contributed by atoms with Crippen LogP contribution in [-0.4, -0.2) is 71.8 Å². The Hall–Kier alpha value is -2.05. The number of hydrogen-bond donors (Lipinski definition) is 1. The van der Waals surface area contributed by atoms with E-state index in [1.165, 1.54) is 0 Å². The van der Waals surface area contributed by atoms with Gasteiger partial charge in [-0.3, -0.25) is 0 Å². The average Bonchev–Trinajstić information content (AvgIpc) is 3.62. The summed E-state index contributed by atoms with van der Waals surface area (Å²) in [5, 5.41) is 4.07. The van der Waals surface area contributed by atoms with Crippen molar-refractivity contribution < 1.29 is 13.2 Å². The van der Waals surface area contributed by atoms with E-state index in [1.807, 2.05) is 36.7 Å². The summed E-state index contributed by atoms with van der Waals surface area (Å²) in [4.78, 5) is 14.5. The number of ether oxygens (including phenoxy) is 1. The number of nitrogens with one attached hydrogen (secondary N) is 1. The zero-order valence-corrected chi connectivity index (χ0v) is 26.0. The van der Waals surface area contributed by atoms with Crippen molar-refractivity contribution in [3.05, 3.63) is 35.2 Å². The van der Waals surface area contributed by atoms with E-state index in [0.717, 1.165) is 36.9 Å². The number of sulfonamides is 1. The highest BCUT2D eigenvalue weighted by atomic mass is 35.5. The van der Waals surface area contributed by atoms with Crippen molar-refractivity contribution in [1.29, 1.82) is 0 Å². The van der Waals surface area contributed by atoms with Crippen molar-refractivity contribution in [1.82, 2.24) is 23.8 Å². The molecular weight excluding hydrogens is 552 g/mol. The molecule has 4 heterocycles. The van der Waals surface area contributed by atoms with Crippen LogP contribution in [0, 0.1) is 12.8 Å². The van der Waals surface area contributed by atoms with Gasteiger partial charge in [0.25, 0.3) is 0 Å². The summed E-state index contributed by atoms with van der Waals surface area (Å²) in [6.45, 7) is 12.3. The van der Waals surface area contributed by atoms with E-state index in [4.69, 9.17) is 31.3 Å². The maximum absolute atomic E-state index is 12.9. The summed E-state index contributed by atoms with van der Waals surface area (Å²) in [6, 6.07) is 3.90. The van der Waals surface area contributed by atoms with Crippen molar-refractivity contribution in [3.8, 4) is 11.3 Å². The van der Waals surface area contributed by atoms with Crippen LogP contribution in [0.5, 0.6) is 0 Å². The third-order valence-corrected chi connectivity index (χ3v) is 11.6. The van der Waals surface area contributed by atoms with Gasteiger partial charge in [-0.25, -0.2) is 23.4 Å². The molecule has 0 aromatic carbocycles. The lowest BCUT2D eigenvalue weighted by molar-refractivity contribution is 0.0665. The molecule has 2 fully saturated rings. The van der Waals surface area contributed by atoms with Crippen molar-refractivity contribution in [2.45, 2.75) is 71.1 Å². The van der Waals surface area contributed by atoms with Crippen LogP contribution in [0.25, 0.3) is 22.4 Å². The number of anilines is 1. The third-order valence-electron chi connectivity index (χ3n) is 7.37. The molecule has 1 aliphatic carbocycles. The second kappa shape index (κ2) is 11.1. The van der Waals surface area contributed by atoms with Gasteiger partial charge in [0.05, 0.1) is 22.7 Å². The van der Waals surface area contributed by atoms with Crippen LogP contribution in [0.3, 0.4) is 0 Å². The molecule has 1 aliphatic heterocycles.